The monoisotopic (exact) mass is 341 g/mol. The van der Waals surface area contributed by atoms with E-state index in [1.807, 2.05) is 6.92 Å². The van der Waals surface area contributed by atoms with Crippen molar-refractivity contribution in [2.75, 3.05) is 39.4 Å². The Balaban J connectivity index is 2.07. The average molecular weight is 341 g/mol. The van der Waals surface area contributed by atoms with Crippen LogP contribution in [0.1, 0.15) is 34.1 Å². The summed E-state index contributed by atoms with van der Waals surface area (Å²) in [5.41, 5.74) is -1.24. The van der Waals surface area contributed by atoms with Gasteiger partial charge < -0.3 is 24.6 Å². The second-order valence-corrected chi connectivity index (χ2v) is 7.27. The van der Waals surface area contributed by atoms with E-state index in [2.05, 4.69) is 5.32 Å². The zero-order chi connectivity index (χ0) is 18.0. The molecule has 0 radical (unpaired) electrons. The molecule has 2 aliphatic heterocycles. The minimum absolute atomic E-state index is 0.0150. The van der Waals surface area contributed by atoms with Crippen molar-refractivity contribution in [2.45, 2.75) is 45.3 Å². The molecule has 1 N–H and O–H groups in total. The first kappa shape index (κ1) is 18.5. The van der Waals surface area contributed by atoms with Crippen LogP contribution in [0.4, 0.5) is 4.79 Å². The maximum Gasteiger partial charge on any atom is 0.410 e. The van der Waals surface area contributed by atoms with Crippen LogP contribution >= 0.6 is 0 Å². The Morgan fingerprint density at radius 2 is 1.96 bits per heavy atom. The molecule has 0 aromatic rings. The fraction of sp³-hybridized carbons (Fsp3) is 0.812. The number of ether oxygens (including phenoxy) is 2. The van der Waals surface area contributed by atoms with E-state index in [0.717, 1.165) is 0 Å². The number of hydrogen-bond acceptors (Lipinski definition) is 5. The van der Waals surface area contributed by atoms with E-state index in [9.17, 15) is 14.4 Å². The predicted molar refractivity (Wildman–Crippen MR) is 86.4 cm³/mol. The van der Waals surface area contributed by atoms with Gasteiger partial charge in [-0.1, -0.05) is 0 Å². The first-order chi connectivity index (χ1) is 11.2. The average Bonchev–Trinajstić information content (AvgIpc) is 2.60. The predicted octanol–water partition coefficient (Wildman–Crippen LogP) is 0.361. The highest BCUT2D eigenvalue weighted by molar-refractivity contribution is 5.84. The normalized spacial score (nSPS) is 20.2. The second-order valence-electron chi connectivity index (χ2n) is 7.27. The second kappa shape index (κ2) is 6.96. The van der Waals surface area contributed by atoms with Gasteiger partial charge in [0, 0.05) is 32.8 Å². The molecule has 2 rings (SSSR count). The molecule has 2 fully saturated rings. The number of nitrogens with one attached hydrogen (secondary N) is 1. The van der Waals surface area contributed by atoms with Crippen LogP contribution in [-0.2, 0) is 19.1 Å². The molecule has 8 nitrogen and oxygen atoms in total. The quantitative estimate of drug-likeness (QED) is 0.801. The Bertz CT molecular complexity index is 508. The van der Waals surface area contributed by atoms with E-state index in [1.54, 1.807) is 25.7 Å². The molecule has 0 unspecified atom stereocenters. The third-order valence-corrected chi connectivity index (χ3v) is 4.07. The summed E-state index contributed by atoms with van der Waals surface area (Å²) in [6, 6.07) is 0. The highest BCUT2D eigenvalue weighted by Crippen LogP contribution is 2.33. The third-order valence-electron chi connectivity index (χ3n) is 4.07. The van der Waals surface area contributed by atoms with Crippen LogP contribution in [0.5, 0.6) is 0 Å². The first-order valence-corrected chi connectivity index (χ1v) is 8.30. The van der Waals surface area contributed by atoms with Crippen LogP contribution in [0.3, 0.4) is 0 Å². The van der Waals surface area contributed by atoms with E-state index in [0.29, 0.717) is 32.8 Å². The maximum atomic E-state index is 12.5. The van der Waals surface area contributed by atoms with Gasteiger partial charge in [0.05, 0.1) is 12.0 Å². The van der Waals surface area contributed by atoms with E-state index in [1.165, 1.54) is 4.90 Å². The SMILES string of the molecule is CCOCC(=O)N1CCNC(=O)CC12CN(C(=O)OC(C)(C)C)C2. The Morgan fingerprint density at radius 1 is 1.29 bits per heavy atom. The summed E-state index contributed by atoms with van der Waals surface area (Å²) in [6.45, 7) is 9.09. The molecule has 0 saturated carbocycles. The lowest BCUT2D eigenvalue weighted by molar-refractivity contribution is -0.151. The van der Waals surface area contributed by atoms with Gasteiger partial charge >= 0.3 is 6.09 Å². The number of amides is 3. The van der Waals surface area contributed by atoms with Gasteiger partial charge in [-0.3, -0.25) is 9.59 Å². The van der Waals surface area contributed by atoms with E-state index >= 15 is 0 Å². The highest BCUT2D eigenvalue weighted by Gasteiger charge is 2.53. The number of rotatable bonds is 3. The number of hydrogen-bond donors (Lipinski definition) is 1. The Hall–Kier alpha value is -1.83. The molecular weight excluding hydrogens is 314 g/mol. The van der Waals surface area contributed by atoms with Crippen molar-refractivity contribution in [1.82, 2.24) is 15.1 Å². The van der Waals surface area contributed by atoms with Crippen molar-refractivity contribution in [1.29, 1.82) is 0 Å². The van der Waals surface area contributed by atoms with Crippen LogP contribution in [0.2, 0.25) is 0 Å². The molecule has 2 heterocycles. The molecule has 1 spiro atoms. The smallest absolute Gasteiger partial charge is 0.410 e. The van der Waals surface area contributed by atoms with Crippen molar-refractivity contribution in [3.8, 4) is 0 Å². The molecule has 0 aromatic heterocycles. The summed E-state index contributed by atoms with van der Waals surface area (Å²) < 4.78 is 10.6. The standard InChI is InChI=1S/C16H27N3O5/c1-5-23-9-13(21)19-7-6-17-12(20)8-16(19)10-18(11-16)14(22)24-15(2,3)4/h5-11H2,1-4H3,(H,17,20). The van der Waals surface area contributed by atoms with E-state index < -0.39 is 17.2 Å². The number of likely N-dealkylation sites (tertiary alicyclic amines) is 1. The molecule has 0 aliphatic carbocycles. The lowest BCUT2D eigenvalue weighted by atomic mass is 9.84. The lowest BCUT2D eigenvalue weighted by Crippen LogP contribution is -2.73. The summed E-state index contributed by atoms with van der Waals surface area (Å²) in [7, 11) is 0. The summed E-state index contributed by atoms with van der Waals surface area (Å²) in [5.74, 6) is -0.261. The molecule has 2 saturated heterocycles. The molecule has 2 aliphatic rings. The molecule has 0 atom stereocenters. The fourth-order valence-electron chi connectivity index (χ4n) is 3.06. The van der Waals surface area contributed by atoms with Crippen molar-refractivity contribution in [3.05, 3.63) is 0 Å². The number of carbonyl (C=O) groups is 3. The van der Waals surface area contributed by atoms with Crippen molar-refractivity contribution in [3.63, 3.8) is 0 Å². The first-order valence-electron chi connectivity index (χ1n) is 8.30. The van der Waals surface area contributed by atoms with E-state index in [-0.39, 0.29) is 24.8 Å². The fourth-order valence-corrected chi connectivity index (χ4v) is 3.06. The van der Waals surface area contributed by atoms with Crippen LogP contribution in [-0.4, -0.2) is 78.2 Å². The lowest BCUT2D eigenvalue weighted by Gasteiger charge is -2.54. The Morgan fingerprint density at radius 3 is 2.54 bits per heavy atom. The van der Waals surface area contributed by atoms with E-state index in [4.69, 9.17) is 9.47 Å². The van der Waals surface area contributed by atoms with Gasteiger partial charge in [-0.25, -0.2) is 4.79 Å². The Kier molecular flexibility index (Phi) is 5.37. The molecule has 8 heteroatoms. The van der Waals surface area contributed by atoms with Crippen LogP contribution in [0.15, 0.2) is 0 Å². The molecule has 24 heavy (non-hydrogen) atoms. The van der Waals surface area contributed by atoms with Crippen molar-refractivity contribution >= 4 is 17.9 Å². The minimum Gasteiger partial charge on any atom is -0.444 e. The third kappa shape index (κ3) is 4.17. The van der Waals surface area contributed by atoms with Crippen LogP contribution in [0, 0.1) is 0 Å². The molecule has 3 amide bonds. The van der Waals surface area contributed by atoms with Gasteiger partial charge in [0.2, 0.25) is 11.8 Å². The zero-order valence-electron chi connectivity index (χ0n) is 14.9. The largest absolute Gasteiger partial charge is 0.444 e. The number of carbonyl (C=O) groups excluding carboxylic acids is 3. The van der Waals surface area contributed by atoms with Crippen molar-refractivity contribution in [2.24, 2.45) is 0 Å². The highest BCUT2D eigenvalue weighted by atomic mass is 16.6. The van der Waals surface area contributed by atoms with Gasteiger partial charge in [0.15, 0.2) is 0 Å². The molecule has 136 valence electrons. The summed E-state index contributed by atoms with van der Waals surface area (Å²) in [5, 5.41) is 2.78. The maximum absolute atomic E-state index is 12.5. The number of nitrogens with zero attached hydrogens (tertiary/aromatic N) is 2. The van der Waals surface area contributed by atoms with Crippen LogP contribution < -0.4 is 5.32 Å². The van der Waals surface area contributed by atoms with Crippen LogP contribution in [0.25, 0.3) is 0 Å². The topological polar surface area (TPSA) is 88.2 Å². The summed E-state index contributed by atoms with van der Waals surface area (Å²) in [6.07, 6.45) is -0.237. The molecule has 0 bridgehead atoms. The van der Waals surface area contributed by atoms with Gasteiger partial charge in [0.25, 0.3) is 0 Å². The van der Waals surface area contributed by atoms with Gasteiger partial charge in [-0.2, -0.15) is 0 Å². The zero-order valence-corrected chi connectivity index (χ0v) is 14.9. The Labute approximate surface area is 142 Å². The molecular formula is C16H27N3O5. The van der Waals surface area contributed by atoms with Crippen molar-refractivity contribution < 1.29 is 23.9 Å². The summed E-state index contributed by atoms with van der Waals surface area (Å²) >= 11 is 0. The summed E-state index contributed by atoms with van der Waals surface area (Å²) in [4.78, 5) is 39.8. The van der Waals surface area contributed by atoms with Gasteiger partial charge in [0.1, 0.15) is 12.2 Å². The van der Waals surface area contributed by atoms with Gasteiger partial charge in [-0.15, -0.1) is 0 Å². The van der Waals surface area contributed by atoms with Gasteiger partial charge in [-0.05, 0) is 27.7 Å². The minimum atomic E-state index is -0.661. The molecule has 0 aromatic carbocycles.